The molecule has 0 fully saturated rings. The molecule has 29 heavy (non-hydrogen) atoms. The van der Waals surface area contributed by atoms with Gasteiger partial charge in [-0.25, -0.2) is 0 Å². The smallest absolute Gasteiger partial charge is 0.0296 e. The molecule has 0 heterocycles. The molecular weight excluding hydrogens is 463 g/mol. The summed E-state index contributed by atoms with van der Waals surface area (Å²) in [6.07, 6.45) is 2.20. The summed E-state index contributed by atoms with van der Waals surface area (Å²) in [4.78, 5) is 0. The maximum atomic E-state index is 2.47. The van der Waals surface area contributed by atoms with Crippen LogP contribution in [-0.4, -0.2) is 0 Å². The molecule has 0 saturated carbocycles. The molecule has 140 valence electrons. The highest BCUT2D eigenvalue weighted by atomic mass is 127. The summed E-state index contributed by atoms with van der Waals surface area (Å²) in [7, 11) is 0. The number of hydrogen-bond acceptors (Lipinski definition) is 0. The predicted octanol–water partition coefficient (Wildman–Crippen LogP) is 7.33. The van der Waals surface area contributed by atoms with Gasteiger partial charge in [0.1, 0.15) is 0 Å². The molecule has 0 saturated heterocycles. The fourth-order valence-corrected chi connectivity index (χ4v) is 5.92. The fourth-order valence-electron chi connectivity index (χ4n) is 5.40. The number of benzene rings is 4. The molecule has 0 nitrogen and oxygen atoms in total. The Labute approximate surface area is 185 Å². The van der Waals surface area contributed by atoms with E-state index in [1.807, 2.05) is 0 Å². The first-order valence-corrected chi connectivity index (χ1v) is 11.3. The van der Waals surface area contributed by atoms with Crippen molar-refractivity contribution >= 4 is 22.6 Å². The molecule has 2 aliphatic carbocycles. The van der Waals surface area contributed by atoms with E-state index in [0.29, 0.717) is 0 Å². The van der Waals surface area contributed by atoms with Gasteiger partial charge in [-0.15, -0.1) is 0 Å². The summed E-state index contributed by atoms with van der Waals surface area (Å²) in [6.45, 7) is 2.18. The fraction of sp³-hybridized carbons (Fsp3) is 0.143. The van der Waals surface area contributed by atoms with Crippen LogP contribution in [0.15, 0.2) is 84.9 Å². The largest absolute Gasteiger partial charge is 0.0620 e. The average Bonchev–Trinajstić information content (AvgIpc) is 3.27. The van der Waals surface area contributed by atoms with Crippen LogP contribution < -0.4 is 0 Å². The summed E-state index contributed by atoms with van der Waals surface area (Å²) in [6, 6.07) is 32.0. The van der Waals surface area contributed by atoms with E-state index in [1.165, 1.54) is 53.6 Å². The summed E-state index contributed by atoms with van der Waals surface area (Å²) >= 11 is 2.45. The Morgan fingerprint density at radius 2 is 1.28 bits per heavy atom. The molecule has 0 aliphatic heterocycles. The lowest BCUT2D eigenvalue weighted by Crippen LogP contribution is -2.25. The number of fused-ring (bicyclic) bond motifs is 6. The lowest BCUT2D eigenvalue weighted by Gasteiger charge is -2.27. The molecule has 0 N–H and O–H groups in total. The first-order chi connectivity index (χ1) is 14.2. The van der Waals surface area contributed by atoms with E-state index in [2.05, 4.69) is 114 Å². The lowest BCUT2D eigenvalue weighted by atomic mass is 9.75. The zero-order valence-corrected chi connectivity index (χ0v) is 18.5. The van der Waals surface area contributed by atoms with Crippen LogP contribution in [0, 0.1) is 10.5 Å². The van der Waals surface area contributed by atoms with Gasteiger partial charge in [0.25, 0.3) is 0 Å². The van der Waals surface area contributed by atoms with E-state index in [9.17, 15) is 0 Å². The van der Waals surface area contributed by atoms with Gasteiger partial charge < -0.3 is 0 Å². The number of rotatable bonds is 1. The molecule has 0 amide bonds. The SMILES string of the molecule is Cc1ccc(-c2ccc3c(c2)C2(Cc4ccccc4C2)c2ccccc2-3)cc1I. The van der Waals surface area contributed by atoms with Gasteiger partial charge in [0.15, 0.2) is 0 Å². The minimum atomic E-state index is 0.0729. The maximum absolute atomic E-state index is 2.47. The van der Waals surface area contributed by atoms with Crippen molar-refractivity contribution in [3.05, 3.63) is 116 Å². The Kier molecular flexibility index (Phi) is 3.80. The third-order valence-electron chi connectivity index (χ3n) is 6.88. The van der Waals surface area contributed by atoms with E-state index < -0.39 is 0 Å². The van der Waals surface area contributed by atoms with Crippen molar-refractivity contribution in [2.45, 2.75) is 25.2 Å². The minimum absolute atomic E-state index is 0.0729. The first-order valence-electron chi connectivity index (χ1n) is 10.2. The van der Waals surface area contributed by atoms with Crippen LogP contribution in [0.4, 0.5) is 0 Å². The normalized spacial score (nSPS) is 15.2. The third kappa shape index (κ3) is 2.50. The summed E-state index contributed by atoms with van der Waals surface area (Å²) in [5.41, 5.74) is 12.9. The van der Waals surface area contributed by atoms with Gasteiger partial charge in [0.05, 0.1) is 0 Å². The van der Waals surface area contributed by atoms with Crippen molar-refractivity contribution in [3.8, 4) is 22.3 Å². The average molecular weight is 484 g/mol. The molecule has 0 bridgehead atoms. The van der Waals surface area contributed by atoms with Gasteiger partial charge in [-0.05, 0) is 105 Å². The van der Waals surface area contributed by atoms with Gasteiger partial charge in [-0.1, -0.05) is 72.8 Å². The Balaban J connectivity index is 1.57. The second-order valence-electron chi connectivity index (χ2n) is 8.47. The van der Waals surface area contributed by atoms with Gasteiger partial charge in [-0.2, -0.15) is 0 Å². The lowest BCUT2D eigenvalue weighted by molar-refractivity contribution is 0.564. The maximum Gasteiger partial charge on any atom is 0.0296 e. The van der Waals surface area contributed by atoms with Crippen LogP contribution in [0.3, 0.4) is 0 Å². The van der Waals surface area contributed by atoms with Crippen LogP contribution in [-0.2, 0) is 18.3 Å². The highest BCUT2D eigenvalue weighted by Gasteiger charge is 2.46. The van der Waals surface area contributed by atoms with Crippen molar-refractivity contribution in [1.82, 2.24) is 0 Å². The second kappa shape index (κ2) is 6.30. The van der Waals surface area contributed by atoms with Gasteiger partial charge in [0.2, 0.25) is 0 Å². The van der Waals surface area contributed by atoms with Gasteiger partial charge >= 0.3 is 0 Å². The standard InChI is InChI=1S/C28H21I/c1-18-10-11-20(15-27(18)29)19-12-13-24-23-8-4-5-9-25(23)28(26(24)14-19)16-21-6-2-3-7-22(21)17-28/h2-15H,16-17H2,1H3. The Morgan fingerprint density at radius 3 is 2.03 bits per heavy atom. The van der Waals surface area contributed by atoms with Crippen molar-refractivity contribution in [1.29, 1.82) is 0 Å². The van der Waals surface area contributed by atoms with Crippen molar-refractivity contribution in [2.24, 2.45) is 0 Å². The molecule has 0 unspecified atom stereocenters. The number of aryl methyl sites for hydroxylation is 1. The van der Waals surface area contributed by atoms with Crippen molar-refractivity contribution < 1.29 is 0 Å². The summed E-state index contributed by atoms with van der Waals surface area (Å²) in [5, 5.41) is 0. The molecule has 1 spiro atoms. The predicted molar refractivity (Wildman–Crippen MR) is 129 cm³/mol. The summed E-state index contributed by atoms with van der Waals surface area (Å²) in [5.74, 6) is 0. The van der Waals surface area contributed by atoms with E-state index in [-0.39, 0.29) is 5.41 Å². The van der Waals surface area contributed by atoms with Crippen LogP contribution >= 0.6 is 22.6 Å². The minimum Gasteiger partial charge on any atom is -0.0620 e. The summed E-state index contributed by atoms with van der Waals surface area (Å²) < 4.78 is 1.33. The van der Waals surface area contributed by atoms with Crippen LogP contribution in [0.2, 0.25) is 0 Å². The quantitative estimate of drug-likeness (QED) is 0.248. The second-order valence-corrected chi connectivity index (χ2v) is 9.64. The van der Waals surface area contributed by atoms with E-state index in [1.54, 1.807) is 0 Å². The monoisotopic (exact) mass is 484 g/mol. The number of halogens is 1. The van der Waals surface area contributed by atoms with Gasteiger partial charge in [-0.3, -0.25) is 0 Å². The Hall–Kier alpha value is -2.39. The van der Waals surface area contributed by atoms with Crippen LogP contribution in [0.1, 0.15) is 27.8 Å². The highest BCUT2D eigenvalue weighted by Crippen LogP contribution is 2.55. The van der Waals surface area contributed by atoms with Crippen LogP contribution in [0.5, 0.6) is 0 Å². The first kappa shape index (κ1) is 17.5. The topological polar surface area (TPSA) is 0 Å². The zero-order chi connectivity index (χ0) is 19.6. The molecule has 4 aromatic rings. The Bertz CT molecular complexity index is 1260. The molecule has 4 aromatic carbocycles. The van der Waals surface area contributed by atoms with Gasteiger partial charge in [0, 0.05) is 8.99 Å². The van der Waals surface area contributed by atoms with Crippen molar-refractivity contribution in [2.75, 3.05) is 0 Å². The van der Waals surface area contributed by atoms with Crippen molar-refractivity contribution in [3.63, 3.8) is 0 Å². The molecule has 0 aromatic heterocycles. The third-order valence-corrected chi connectivity index (χ3v) is 8.04. The highest BCUT2D eigenvalue weighted by molar-refractivity contribution is 14.1. The van der Waals surface area contributed by atoms with E-state index in [4.69, 9.17) is 0 Å². The van der Waals surface area contributed by atoms with E-state index >= 15 is 0 Å². The molecule has 0 radical (unpaired) electrons. The zero-order valence-electron chi connectivity index (χ0n) is 16.4. The molecular formula is C28H21I. The Morgan fingerprint density at radius 1 is 0.655 bits per heavy atom. The molecule has 2 aliphatic rings. The van der Waals surface area contributed by atoms with E-state index in [0.717, 1.165) is 12.8 Å². The molecule has 0 atom stereocenters. The molecule has 1 heteroatoms. The van der Waals surface area contributed by atoms with Crippen LogP contribution in [0.25, 0.3) is 22.3 Å². The number of hydrogen-bond donors (Lipinski definition) is 0. The molecule has 6 rings (SSSR count).